The van der Waals surface area contributed by atoms with E-state index in [-0.39, 0.29) is 41.9 Å². The van der Waals surface area contributed by atoms with Crippen LogP contribution >= 0.6 is 24.0 Å². The number of likely N-dealkylation sites (tertiary alicyclic amines) is 1. The second kappa shape index (κ2) is 11.4. The lowest BCUT2D eigenvalue weighted by atomic mass is 9.97. The van der Waals surface area contributed by atoms with Gasteiger partial charge >= 0.3 is 5.97 Å². The molecular formula is C18H31IN4O3. The molecule has 1 aromatic rings. The second-order valence-electron chi connectivity index (χ2n) is 6.47. The highest BCUT2D eigenvalue weighted by molar-refractivity contribution is 14.0. The summed E-state index contributed by atoms with van der Waals surface area (Å²) in [5, 5.41) is 3.36. The molecule has 148 valence electrons. The number of carbonyl (C=O) groups is 1. The highest BCUT2D eigenvalue weighted by Crippen LogP contribution is 2.21. The van der Waals surface area contributed by atoms with Gasteiger partial charge in [-0.25, -0.2) is 0 Å². The number of hydrogen-bond acceptors (Lipinski definition) is 5. The van der Waals surface area contributed by atoms with Gasteiger partial charge in [-0.05, 0) is 46.0 Å². The SMILES string of the molecule is CCNC(=NCC(c1ccco1)N(C)C)N1CCC(C(=O)OC)CC1.I. The number of furan rings is 1. The average molecular weight is 478 g/mol. The zero-order valence-corrected chi connectivity index (χ0v) is 18.4. The van der Waals surface area contributed by atoms with Crippen LogP contribution < -0.4 is 5.32 Å². The number of methoxy groups -OCH3 is 1. The molecule has 1 saturated heterocycles. The number of hydrogen-bond donors (Lipinski definition) is 1. The Morgan fingerprint density at radius 1 is 1.46 bits per heavy atom. The normalized spacial score (nSPS) is 17.0. The minimum Gasteiger partial charge on any atom is -0.469 e. The summed E-state index contributed by atoms with van der Waals surface area (Å²) < 4.78 is 10.4. The van der Waals surface area contributed by atoms with E-state index in [1.165, 1.54) is 7.11 Å². The van der Waals surface area contributed by atoms with Crippen molar-refractivity contribution in [1.29, 1.82) is 0 Å². The van der Waals surface area contributed by atoms with Gasteiger partial charge in [-0.15, -0.1) is 24.0 Å². The Labute approximate surface area is 173 Å². The van der Waals surface area contributed by atoms with Crippen LogP contribution in [-0.2, 0) is 9.53 Å². The zero-order valence-electron chi connectivity index (χ0n) is 16.1. The largest absolute Gasteiger partial charge is 0.469 e. The maximum Gasteiger partial charge on any atom is 0.308 e. The fourth-order valence-corrected chi connectivity index (χ4v) is 3.08. The maximum atomic E-state index is 11.7. The summed E-state index contributed by atoms with van der Waals surface area (Å²) in [6.07, 6.45) is 3.29. The van der Waals surface area contributed by atoms with E-state index >= 15 is 0 Å². The predicted molar refractivity (Wildman–Crippen MR) is 113 cm³/mol. The fourth-order valence-electron chi connectivity index (χ4n) is 3.08. The molecule has 1 atom stereocenters. The Morgan fingerprint density at radius 3 is 2.65 bits per heavy atom. The van der Waals surface area contributed by atoms with Crippen LogP contribution in [0.4, 0.5) is 0 Å². The summed E-state index contributed by atoms with van der Waals surface area (Å²) in [6.45, 7) is 5.09. The molecule has 7 nitrogen and oxygen atoms in total. The number of aliphatic imine (C=N–C) groups is 1. The molecule has 1 unspecified atom stereocenters. The van der Waals surface area contributed by atoms with E-state index < -0.39 is 0 Å². The van der Waals surface area contributed by atoms with Crippen molar-refractivity contribution in [3.63, 3.8) is 0 Å². The van der Waals surface area contributed by atoms with Gasteiger partial charge in [0.25, 0.3) is 0 Å². The summed E-state index contributed by atoms with van der Waals surface area (Å²) >= 11 is 0. The number of nitrogens with one attached hydrogen (secondary N) is 1. The standard InChI is InChI=1S/C18H30N4O3.HI/c1-5-19-18(22-10-8-14(9-11-22)17(23)24-4)20-13-15(21(2)3)16-7-6-12-25-16;/h6-7,12,14-15H,5,8-11,13H2,1-4H3,(H,19,20);1H. The van der Waals surface area contributed by atoms with Crippen LogP contribution in [0.15, 0.2) is 27.8 Å². The van der Waals surface area contributed by atoms with Gasteiger partial charge < -0.3 is 19.4 Å². The fraction of sp³-hybridized carbons (Fsp3) is 0.667. The topological polar surface area (TPSA) is 70.3 Å². The molecule has 0 spiro atoms. The number of rotatable bonds is 6. The van der Waals surface area contributed by atoms with Crippen LogP contribution in [0, 0.1) is 5.92 Å². The van der Waals surface area contributed by atoms with Crippen molar-refractivity contribution < 1.29 is 13.9 Å². The van der Waals surface area contributed by atoms with E-state index in [1.54, 1.807) is 6.26 Å². The molecule has 1 N–H and O–H groups in total. The third kappa shape index (κ3) is 6.15. The summed E-state index contributed by atoms with van der Waals surface area (Å²) in [6, 6.07) is 3.98. The first kappa shape index (κ1) is 22.8. The number of carbonyl (C=O) groups excluding carboxylic acids is 1. The van der Waals surface area contributed by atoms with E-state index in [4.69, 9.17) is 14.1 Å². The van der Waals surface area contributed by atoms with Crippen molar-refractivity contribution in [3.05, 3.63) is 24.2 Å². The Kier molecular flexibility index (Phi) is 10.0. The van der Waals surface area contributed by atoms with Gasteiger partial charge in [-0.1, -0.05) is 0 Å². The van der Waals surface area contributed by atoms with Gasteiger partial charge in [0, 0.05) is 19.6 Å². The molecule has 8 heteroatoms. The Hall–Kier alpha value is -1.29. The Morgan fingerprint density at radius 2 is 2.15 bits per heavy atom. The molecule has 0 bridgehead atoms. The molecular weight excluding hydrogens is 447 g/mol. The first-order chi connectivity index (χ1) is 12.1. The molecule has 0 aromatic carbocycles. The molecule has 0 saturated carbocycles. The smallest absolute Gasteiger partial charge is 0.308 e. The van der Waals surface area contributed by atoms with Gasteiger partial charge in [0.05, 0.1) is 31.9 Å². The minimum absolute atomic E-state index is 0. The highest BCUT2D eigenvalue weighted by Gasteiger charge is 2.27. The molecule has 1 aliphatic heterocycles. The molecule has 1 fully saturated rings. The van der Waals surface area contributed by atoms with Crippen molar-refractivity contribution in [3.8, 4) is 0 Å². The number of nitrogens with zero attached hydrogens (tertiary/aromatic N) is 3. The van der Waals surface area contributed by atoms with Crippen LogP contribution in [0.2, 0.25) is 0 Å². The number of halogens is 1. The van der Waals surface area contributed by atoms with E-state index in [2.05, 4.69) is 22.0 Å². The monoisotopic (exact) mass is 478 g/mol. The lowest BCUT2D eigenvalue weighted by Gasteiger charge is -2.33. The highest BCUT2D eigenvalue weighted by atomic mass is 127. The average Bonchev–Trinajstić information content (AvgIpc) is 3.14. The molecule has 0 radical (unpaired) electrons. The van der Waals surface area contributed by atoms with Crippen molar-refractivity contribution >= 4 is 35.9 Å². The third-order valence-electron chi connectivity index (χ3n) is 4.57. The van der Waals surface area contributed by atoms with Gasteiger partial charge in [0.1, 0.15) is 5.76 Å². The van der Waals surface area contributed by atoms with E-state index in [0.29, 0.717) is 6.54 Å². The summed E-state index contributed by atoms with van der Waals surface area (Å²) in [5.74, 6) is 1.70. The van der Waals surface area contributed by atoms with Crippen LogP contribution in [0.25, 0.3) is 0 Å². The van der Waals surface area contributed by atoms with Gasteiger partial charge in [-0.2, -0.15) is 0 Å². The lowest BCUT2D eigenvalue weighted by Crippen LogP contribution is -2.47. The molecule has 26 heavy (non-hydrogen) atoms. The van der Waals surface area contributed by atoms with Crippen LogP contribution in [0.1, 0.15) is 31.6 Å². The molecule has 2 heterocycles. The molecule has 0 amide bonds. The van der Waals surface area contributed by atoms with Crippen molar-refractivity contribution in [1.82, 2.24) is 15.1 Å². The van der Waals surface area contributed by atoms with Crippen LogP contribution in [0.5, 0.6) is 0 Å². The zero-order chi connectivity index (χ0) is 18.2. The van der Waals surface area contributed by atoms with E-state index in [1.807, 2.05) is 26.2 Å². The maximum absolute atomic E-state index is 11.7. The second-order valence-corrected chi connectivity index (χ2v) is 6.47. The van der Waals surface area contributed by atoms with Crippen molar-refractivity contribution in [2.75, 3.05) is 47.4 Å². The lowest BCUT2D eigenvalue weighted by molar-refractivity contribution is -0.146. The van der Waals surface area contributed by atoms with Gasteiger partial charge in [-0.3, -0.25) is 14.7 Å². The Bertz CT molecular complexity index is 555. The van der Waals surface area contributed by atoms with Crippen molar-refractivity contribution in [2.24, 2.45) is 10.9 Å². The first-order valence-corrected chi connectivity index (χ1v) is 8.87. The van der Waals surface area contributed by atoms with Gasteiger partial charge in [0.15, 0.2) is 5.96 Å². The number of likely N-dealkylation sites (N-methyl/N-ethyl adjacent to an activating group) is 1. The molecule has 0 aliphatic carbocycles. The first-order valence-electron chi connectivity index (χ1n) is 8.87. The quantitative estimate of drug-likeness (QED) is 0.293. The predicted octanol–water partition coefficient (Wildman–Crippen LogP) is 2.35. The summed E-state index contributed by atoms with van der Waals surface area (Å²) in [4.78, 5) is 20.8. The summed E-state index contributed by atoms with van der Waals surface area (Å²) in [5.41, 5.74) is 0. The Balaban J connectivity index is 0.00000338. The molecule has 1 aromatic heterocycles. The number of guanidine groups is 1. The number of piperidine rings is 1. The van der Waals surface area contributed by atoms with E-state index in [0.717, 1.165) is 44.2 Å². The third-order valence-corrected chi connectivity index (χ3v) is 4.57. The molecule has 2 rings (SSSR count). The summed E-state index contributed by atoms with van der Waals surface area (Å²) in [7, 11) is 5.51. The number of esters is 1. The van der Waals surface area contributed by atoms with E-state index in [9.17, 15) is 4.79 Å². The number of ether oxygens (including phenoxy) is 1. The molecule has 1 aliphatic rings. The minimum atomic E-state index is -0.105. The van der Waals surface area contributed by atoms with Crippen LogP contribution in [-0.4, -0.2) is 69.1 Å². The van der Waals surface area contributed by atoms with Crippen LogP contribution in [0.3, 0.4) is 0 Å². The van der Waals surface area contributed by atoms with Crippen molar-refractivity contribution in [2.45, 2.75) is 25.8 Å². The van der Waals surface area contributed by atoms with Gasteiger partial charge in [0.2, 0.25) is 0 Å².